The van der Waals surface area contributed by atoms with Crippen LogP contribution >= 0.6 is 0 Å². The molecule has 1 aliphatic rings. The van der Waals surface area contributed by atoms with Crippen LogP contribution in [0.2, 0.25) is 0 Å². The number of amides is 1. The van der Waals surface area contributed by atoms with Crippen LogP contribution in [-0.4, -0.2) is 24.6 Å². The van der Waals surface area contributed by atoms with Crippen molar-refractivity contribution in [2.45, 2.75) is 19.4 Å². The van der Waals surface area contributed by atoms with Gasteiger partial charge in [0, 0.05) is 6.54 Å². The van der Waals surface area contributed by atoms with Crippen LogP contribution in [0.1, 0.15) is 28.3 Å². The Hall–Kier alpha value is -2.29. The number of nitrogens with zero attached hydrogens (tertiary/aromatic N) is 1. The lowest BCUT2D eigenvalue weighted by Gasteiger charge is -2.36. The predicted molar refractivity (Wildman–Crippen MR) is 82.3 cm³/mol. The quantitative estimate of drug-likeness (QED) is 0.797. The standard InChI is InChI=1S/C18H19NO2/c1-13-7-9-15(10-8-13)17-16-6-4-3-5-14(16)11-12-19(17)18(20)21-2/h3-10,17H,11-12H2,1-2H3. The lowest BCUT2D eigenvalue weighted by molar-refractivity contribution is 0.109. The molecule has 0 fully saturated rings. The number of rotatable bonds is 1. The number of carbonyl (C=O) groups excluding carboxylic acids is 1. The molecular weight excluding hydrogens is 262 g/mol. The Balaban J connectivity index is 2.09. The predicted octanol–water partition coefficient (Wildman–Crippen LogP) is 3.71. The van der Waals surface area contributed by atoms with Gasteiger partial charge < -0.3 is 4.74 Å². The third-order valence-electron chi connectivity index (χ3n) is 4.09. The summed E-state index contributed by atoms with van der Waals surface area (Å²) in [5.41, 5.74) is 4.84. The zero-order valence-electron chi connectivity index (χ0n) is 12.4. The van der Waals surface area contributed by atoms with E-state index in [1.54, 1.807) is 0 Å². The summed E-state index contributed by atoms with van der Waals surface area (Å²) in [4.78, 5) is 13.9. The topological polar surface area (TPSA) is 29.5 Å². The van der Waals surface area contributed by atoms with Crippen LogP contribution in [0.15, 0.2) is 48.5 Å². The van der Waals surface area contributed by atoms with E-state index in [9.17, 15) is 4.79 Å². The molecule has 3 heteroatoms. The number of benzene rings is 2. The summed E-state index contributed by atoms with van der Waals surface area (Å²) in [6, 6.07) is 16.6. The lowest BCUT2D eigenvalue weighted by Crippen LogP contribution is -2.40. The van der Waals surface area contributed by atoms with Crippen LogP contribution in [0.4, 0.5) is 4.79 Å². The molecule has 0 N–H and O–H groups in total. The number of hydrogen-bond acceptors (Lipinski definition) is 2. The number of methoxy groups -OCH3 is 1. The van der Waals surface area contributed by atoms with Gasteiger partial charge in [-0.15, -0.1) is 0 Å². The Labute approximate surface area is 125 Å². The molecule has 2 aromatic rings. The fraction of sp³-hybridized carbons (Fsp3) is 0.278. The maximum atomic E-state index is 12.1. The van der Waals surface area contributed by atoms with E-state index < -0.39 is 0 Å². The molecular formula is C18H19NO2. The number of fused-ring (bicyclic) bond motifs is 1. The van der Waals surface area contributed by atoms with Gasteiger partial charge in [0.15, 0.2) is 0 Å². The number of ether oxygens (including phenoxy) is 1. The highest BCUT2D eigenvalue weighted by atomic mass is 16.5. The van der Waals surface area contributed by atoms with Gasteiger partial charge in [-0.25, -0.2) is 4.79 Å². The third-order valence-corrected chi connectivity index (χ3v) is 4.09. The molecule has 0 aromatic heterocycles. The molecule has 108 valence electrons. The average Bonchev–Trinajstić information content (AvgIpc) is 2.54. The van der Waals surface area contributed by atoms with Crippen LogP contribution in [0, 0.1) is 6.92 Å². The molecule has 3 rings (SSSR count). The largest absolute Gasteiger partial charge is 0.453 e. The highest BCUT2D eigenvalue weighted by molar-refractivity contribution is 5.70. The minimum absolute atomic E-state index is 0.0667. The van der Waals surface area contributed by atoms with Gasteiger partial charge in [0.25, 0.3) is 0 Å². The highest BCUT2D eigenvalue weighted by Crippen LogP contribution is 2.35. The van der Waals surface area contributed by atoms with Gasteiger partial charge in [-0.1, -0.05) is 54.1 Å². The number of carbonyl (C=O) groups is 1. The number of hydrogen-bond donors (Lipinski definition) is 0. The summed E-state index contributed by atoms with van der Waals surface area (Å²) in [6.07, 6.45) is 0.600. The summed E-state index contributed by atoms with van der Waals surface area (Å²) in [5.74, 6) is 0. The van der Waals surface area contributed by atoms with Crippen LogP contribution in [0.5, 0.6) is 0 Å². The van der Waals surface area contributed by atoms with Crippen molar-refractivity contribution in [1.29, 1.82) is 0 Å². The second-order valence-corrected chi connectivity index (χ2v) is 5.43. The second kappa shape index (κ2) is 5.60. The van der Waals surface area contributed by atoms with Gasteiger partial charge in [0.2, 0.25) is 0 Å². The van der Waals surface area contributed by atoms with E-state index in [4.69, 9.17) is 4.74 Å². The third kappa shape index (κ3) is 2.51. The summed E-state index contributed by atoms with van der Waals surface area (Å²) in [6.45, 7) is 2.75. The maximum absolute atomic E-state index is 12.1. The first kappa shape index (κ1) is 13.7. The molecule has 0 aliphatic carbocycles. The van der Waals surface area contributed by atoms with E-state index in [0.29, 0.717) is 6.54 Å². The number of aryl methyl sites for hydroxylation is 1. The van der Waals surface area contributed by atoms with Crippen LogP contribution < -0.4 is 0 Å². The fourth-order valence-electron chi connectivity index (χ4n) is 2.99. The molecule has 0 saturated heterocycles. The Bertz CT molecular complexity index is 649. The first-order chi connectivity index (χ1) is 10.2. The van der Waals surface area contributed by atoms with Crippen molar-refractivity contribution in [3.63, 3.8) is 0 Å². The van der Waals surface area contributed by atoms with Crippen LogP contribution in [-0.2, 0) is 11.2 Å². The minimum Gasteiger partial charge on any atom is -0.453 e. The fourth-order valence-corrected chi connectivity index (χ4v) is 2.99. The van der Waals surface area contributed by atoms with Crippen molar-refractivity contribution >= 4 is 6.09 Å². The van der Waals surface area contributed by atoms with E-state index in [2.05, 4.69) is 49.4 Å². The van der Waals surface area contributed by atoms with E-state index in [1.807, 2.05) is 11.0 Å². The molecule has 0 radical (unpaired) electrons. The van der Waals surface area contributed by atoms with Crippen LogP contribution in [0.25, 0.3) is 0 Å². The highest BCUT2D eigenvalue weighted by Gasteiger charge is 2.32. The van der Waals surface area contributed by atoms with Gasteiger partial charge in [0.05, 0.1) is 13.2 Å². The molecule has 2 aromatic carbocycles. The van der Waals surface area contributed by atoms with Gasteiger partial charge in [-0.05, 0) is 30.0 Å². The summed E-state index contributed by atoms with van der Waals surface area (Å²) in [5, 5.41) is 0. The van der Waals surface area contributed by atoms with E-state index >= 15 is 0 Å². The Morgan fingerprint density at radius 2 is 1.86 bits per heavy atom. The van der Waals surface area contributed by atoms with E-state index in [1.165, 1.54) is 23.8 Å². The molecule has 1 heterocycles. The molecule has 1 unspecified atom stereocenters. The zero-order chi connectivity index (χ0) is 14.8. The van der Waals surface area contributed by atoms with Crippen molar-refractivity contribution in [3.8, 4) is 0 Å². The van der Waals surface area contributed by atoms with Crippen molar-refractivity contribution in [3.05, 3.63) is 70.8 Å². The molecule has 1 amide bonds. The van der Waals surface area contributed by atoms with Gasteiger partial charge in [-0.2, -0.15) is 0 Å². The molecule has 0 bridgehead atoms. The maximum Gasteiger partial charge on any atom is 0.410 e. The molecule has 21 heavy (non-hydrogen) atoms. The smallest absolute Gasteiger partial charge is 0.410 e. The van der Waals surface area contributed by atoms with Crippen LogP contribution in [0.3, 0.4) is 0 Å². The summed E-state index contributed by atoms with van der Waals surface area (Å²) in [7, 11) is 1.44. The molecule has 0 saturated carbocycles. The molecule has 0 spiro atoms. The summed E-state index contributed by atoms with van der Waals surface area (Å²) < 4.78 is 4.97. The molecule has 1 atom stereocenters. The van der Waals surface area contributed by atoms with Gasteiger partial charge in [0.1, 0.15) is 0 Å². The monoisotopic (exact) mass is 281 g/mol. The first-order valence-corrected chi connectivity index (χ1v) is 7.19. The lowest BCUT2D eigenvalue weighted by atomic mass is 9.88. The average molecular weight is 281 g/mol. The molecule has 3 nitrogen and oxygen atoms in total. The van der Waals surface area contributed by atoms with Crippen molar-refractivity contribution in [2.75, 3.05) is 13.7 Å². The zero-order valence-corrected chi connectivity index (χ0v) is 12.4. The second-order valence-electron chi connectivity index (χ2n) is 5.43. The normalized spacial score (nSPS) is 17.2. The van der Waals surface area contributed by atoms with E-state index in [-0.39, 0.29) is 12.1 Å². The SMILES string of the molecule is COC(=O)N1CCc2ccccc2C1c1ccc(C)cc1. The molecule has 1 aliphatic heterocycles. The summed E-state index contributed by atoms with van der Waals surface area (Å²) >= 11 is 0. The Kier molecular flexibility index (Phi) is 3.65. The Morgan fingerprint density at radius 1 is 1.14 bits per heavy atom. The van der Waals surface area contributed by atoms with Crippen molar-refractivity contribution < 1.29 is 9.53 Å². The first-order valence-electron chi connectivity index (χ1n) is 7.19. The van der Waals surface area contributed by atoms with Crippen molar-refractivity contribution in [2.24, 2.45) is 0 Å². The van der Waals surface area contributed by atoms with Crippen molar-refractivity contribution in [1.82, 2.24) is 4.90 Å². The van der Waals surface area contributed by atoms with Gasteiger partial charge in [-0.3, -0.25) is 4.90 Å². The van der Waals surface area contributed by atoms with E-state index in [0.717, 1.165) is 12.0 Å². The van der Waals surface area contributed by atoms with Gasteiger partial charge >= 0.3 is 6.09 Å². The minimum atomic E-state index is -0.268. The Morgan fingerprint density at radius 3 is 2.57 bits per heavy atom.